The molecule has 2 aromatic carbocycles. The fourth-order valence-corrected chi connectivity index (χ4v) is 3.45. The predicted octanol–water partition coefficient (Wildman–Crippen LogP) is 3.13. The summed E-state index contributed by atoms with van der Waals surface area (Å²) in [6.07, 6.45) is 4.20. The Labute approximate surface area is 189 Å². The van der Waals surface area contributed by atoms with Crippen LogP contribution in [0.25, 0.3) is 22.5 Å². The van der Waals surface area contributed by atoms with Gasteiger partial charge in [0.15, 0.2) is 17.2 Å². The minimum Gasteiger partial charge on any atom is -0.490 e. The van der Waals surface area contributed by atoms with Crippen LogP contribution in [0.3, 0.4) is 0 Å². The maximum absolute atomic E-state index is 12.4. The van der Waals surface area contributed by atoms with Gasteiger partial charge in [-0.3, -0.25) is 4.57 Å². The van der Waals surface area contributed by atoms with Crippen LogP contribution in [0.2, 0.25) is 0 Å². The summed E-state index contributed by atoms with van der Waals surface area (Å²) >= 11 is 0. The fraction of sp³-hybridized carbons (Fsp3) is 0.250. The molecule has 2 aromatic heterocycles. The molecular weight excluding hydrogens is 424 g/mol. The highest BCUT2D eigenvalue weighted by atomic mass is 16.5. The monoisotopic (exact) mass is 448 g/mol. The molecule has 9 heteroatoms. The first kappa shape index (κ1) is 22.2. The van der Waals surface area contributed by atoms with Gasteiger partial charge in [-0.15, -0.1) is 0 Å². The average molecular weight is 448 g/mol. The second-order valence-corrected chi connectivity index (χ2v) is 7.89. The third kappa shape index (κ3) is 5.27. The maximum Gasteiger partial charge on any atom is 0.420 e. The molecule has 0 fully saturated rings. The summed E-state index contributed by atoms with van der Waals surface area (Å²) in [7, 11) is 4.04. The molecular formula is C24H24N4O5. The zero-order valence-electron chi connectivity index (χ0n) is 18.4. The van der Waals surface area contributed by atoms with Crippen LogP contribution >= 0.6 is 0 Å². The van der Waals surface area contributed by atoms with Crippen molar-refractivity contribution in [1.29, 1.82) is 0 Å². The highest BCUT2D eigenvalue weighted by Gasteiger charge is 2.13. The summed E-state index contributed by atoms with van der Waals surface area (Å²) in [6, 6.07) is 11.8. The largest absolute Gasteiger partial charge is 0.490 e. The number of rotatable bonds is 9. The van der Waals surface area contributed by atoms with E-state index in [1.807, 2.05) is 38.4 Å². The zero-order chi connectivity index (χ0) is 23.4. The lowest BCUT2D eigenvalue weighted by atomic mass is 10.1. The predicted molar refractivity (Wildman–Crippen MR) is 123 cm³/mol. The summed E-state index contributed by atoms with van der Waals surface area (Å²) in [5.41, 5.74) is 2.47. The van der Waals surface area contributed by atoms with Crippen LogP contribution in [0.15, 0.2) is 64.1 Å². The van der Waals surface area contributed by atoms with Crippen molar-refractivity contribution in [2.24, 2.45) is 0 Å². The molecule has 0 aliphatic rings. The Morgan fingerprint density at radius 2 is 1.94 bits per heavy atom. The SMILES string of the molecule is CN(C)CCCOc1cnc(-c2cccc(Cn3c(=O)oc4ccc(C(=O)O)cc43)c2)nc1. The molecule has 0 atom stereocenters. The molecule has 0 bridgehead atoms. The van der Waals surface area contributed by atoms with Gasteiger partial charge in [0.2, 0.25) is 0 Å². The first-order valence-electron chi connectivity index (χ1n) is 10.5. The summed E-state index contributed by atoms with van der Waals surface area (Å²) < 4.78 is 12.3. The van der Waals surface area contributed by atoms with Gasteiger partial charge in [0.25, 0.3) is 0 Å². The second-order valence-electron chi connectivity index (χ2n) is 7.89. The summed E-state index contributed by atoms with van der Waals surface area (Å²) in [4.78, 5) is 34.6. The van der Waals surface area contributed by atoms with Crippen molar-refractivity contribution >= 4 is 17.1 Å². The maximum atomic E-state index is 12.4. The molecule has 0 amide bonds. The van der Waals surface area contributed by atoms with Gasteiger partial charge in [-0.2, -0.15) is 0 Å². The van der Waals surface area contributed by atoms with E-state index in [1.165, 1.54) is 22.8 Å². The minimum atomic E-state index is -1.07. The quantitative estimate of drug-likeness (QED) is 0.389. The average Bonchev–Trinajstić information content (AvgIpc) is 3.11. The van der Waals surface area contributed by atoms with Gasteiger partial charge in [-0.25, -0.2) is 19.6 Å². The van der Waals surface area contributed by atoms with E-state index >= 15 is 0 Å². The Morgan fingerprint density at radius 3 is 2.67 bits per heavy atom. The van der Waals surface area contributed by atoms with E-state index in [9.17, 15) is 14.7 Å². The lowest BCUT2D eigenvalue weighted by Crippen LogP contribution is -2.15. The Kier molecular flexibility index (Phi) is 6.50. The molecule has 4 rings (SSSR count). The number of carboxylic acids is 1. The van der Waals surface area contributed by atoms with Gasteiger partial charge in [0.05, 0.1) is 36.6 Å². The van der Waals surface area contributed by atoms with Crippen molar-refractivity contribution in [3.05, 3.63) is 76.5 Å². The molecule has 0 aliphatic carbocycles. The fourth-order valence-electron chi connectivity index (χ4n) is 3.45. The summed E-state index contributed by atoms with van der Waals surface area (Å²) in [5.74, 6) is -0.472. The number of carboxylic acid groups (broad SMARTS) is 1. The summed E-state index contributed by atoms with van der Waals surface area (Å²) in [5, 5.41) is 9.25. The number of aromatic carboxylic acids is 1. The number of nitrogens with zero attached hydrogens (tertiary/aromatic N) is 4. The van der Waals surface area contributed by atoms with Gasteiger partial charge in [-0.1, -0.05) is 18.2 Å². The molecule has 0 radical (unpaired) electrons. The van der Waals surface area contributed by atoms with E-state index in [0.717, 1.165) is 24.1 Å². The number of benzene rings is 2. The van der Waals surface area contributed by atoms with Crippen LogP contribution in [0.5, 0.6) is 5.75 Å². The van der Waals surface area contributed by atoms with Gasteiger partial charge in [0, 0.05) is 12.1 Å². The molecule has 33 heavy (non-hydrogen) atoms. The van der Waals surface area contributed by atoms with Crippen LogP contribution in [0.1, 0.15) is 22.3 Å². The van der Waals surface area contributed by atoms with Crippen molar-refractivity contribution in [3.63, 3.8) is 0 Å². The van der Waals surface area contributed by atoms with E-state index in [-0.39, 0.29) is 12.1 Å². The van der Waals surface area contributed by atoms with Crippen molar-refractivity contribution in [2.45, 2.75) is 13.0 Å². The first-order valence-corrected chi connectivity index (χ1v) is 10.5. The molecule has 9 nitrogen and oxygen atoms in total. The van der Waals surface area contributed by atoms with E-state index in [0.29, 0.717) is 29.3 Å². The lowest BCUT2D eigenvalue weighted by Gasteiger charge is -2.10. The number of oxazole rings is 1. The molecule has 0 unspecified atom stereocenters. The Morgan fingerprint density at radius 1 is 1.15 bits per heavy atom. The molecule has 170 valence electrons. The van der Waals surface area contributed by atoms with E-state index < -0.39 is 11.7 Å². The van der Waals surface area contributed by atoms with Gasteiger partial charge < -0.3 is 19.2 Å². The van der Waals surface area contributed by atoms with E-state index in [4.69, 9.17) is 9.15 Å². The first-order chi connectivity index (χ1) is 15.9. The zero-order valence-corrected chi connectivity index (χ0v) is 18.4. The Balaban J connectivity index is 1.52. The van der Waals surface area contributed by atoms with Crippen molar-refractivity contribution < 1.29 is 19.1 Å². The number of ether oxygens (including phenoxy) is 1. The van der Waals surface area contributed by atoms with Gasteiger partial charge >= 0.3 is 11.7 Å². The molecule has 0 saturated carbocycles. The molecule has 0 saturated heterocycles. The standard InChI is InChI=1S/C24H24N4O5/c1-27(2)9-4-10-32-19-13-25-22(26-14-19)17-6-3-5-16(11-17)15-28-20-12-18(23(29)30)7-8-21(20)33-24(28)31/h3,5-8,11-14H,4,9-10,15H2,1-2H3,(H,29,30). The highest BCUT2D eigenvalue weighted by molar-refractivity contribution is 5.91. The molecule has 0 spiro atoms. The van der Waals surface area contributed by atoms with E-state index in [1.54, 1.807) is 12.4 Å². The van der Waals surface area contributed by atoms with Gasteiger partial charge in [-0.05, 0) is 50.3 Å². The van der Waals surface area contributed by atoms with Crippen molar-refractivity contribution in [2.75, 3.05) is 27.2 Å². The smallest absolute Gasteiger partial charge is 0.420 e. The normalized spacial score (nSPS) is 11.2. The number of hydrogen-bond donors (Lipinski definition) is 1. The van der Waals surface area contributed by atoms with Crippen molar-refractivity contribution in [3.8, 4) is 17.1 Å². The van der Waals surface area contributed by atoms with Crippen LogP contribution in [-0.2, 0) is 6.54 Å². The number of carbonyl (C=O) groups is 1. The molecule has 1 N–H and O–H groups in total. The number of fused-ring (bicyclic) bond motifs is 1. The Hall–Kier alpha value is -3.98. The third-order valence-corrected chi connectivity index (χ3v) is 5.09. The highest BCUT2D eigenvalue weighted by Crippen LogP contribution is 2.21. The van der Waals surface area contributed by atoms with Crippen molar-refractivity contribution in [1.82, 2.24) is 19.4 Å². The van der Waals surface area contributed by atoms with Crippen LogP contribution < -0.4 is 10.5 Å². The van der Waals surface area contributed by atoms with E-state index in [2.05, 4.69) is 14.9 Å². The molecule has 2 heterocycles. The number of aromatic nitrogens is 3. The van der Waals surface area contributed by atoms with Crippen LogP contribution in [-0.4, -0.2) is 57.8 Å². The van der Waals surface area contributed by atoms with Gasteiger partial charge in [0.1, 0.15) is 0 Å². The topological polar surface area (TPSA) is 111 Å². The molecule has 4 aromatic rings. The minimum absolute atomic E-state index is 0.0863. The third-order valence-electron chi connectivity index (χ3n) is 5.09. The summed E-state index contributed by atoms with van der Waals surface area (Å²) in [6.45, 7) is 1.75. The second kappa shape index (κ2) is 9.66. The Bertz CT molecular complexity index is 1320. The molecule has 0 aliphatic heterocycles. The lowest BCUT2D eigenvalue weighted by molar-refractivity contribution is 0.0697. The van der Waals surface area contributed by atoms with Crippen LogP contribution in [0.4, 0.5) is 0 Å². The number of hydrogen-bond acceptors (Lipinski definition) is 7. The van der Waals surface area contributed by atoms with Crippen LogP contribution in [0, 0.1) is 0 Å².